The predicted octanol–water partition coefficient (Wildman–Crippen LogP) is 6.60. The first kappa shape index (κ1) is 18.3. The van der Waals surface area contributed by atoms with Crippen molar-refractivity contribution in [2.45, 2.75) is 13.3 Å². The zero-order valence-corrected chi connectivity index (χ0v) is 15.6. The lowest BCUT2D eigenvalue weighted by atomic mass is 10.1. The van der Waals surface area contributed by atoms with Crippen molar-refractivity contribution >= 4 is 34.8 Å². The zero-order chi connectivity index (χ0) is 18.5. The number of ether oxygens (including phenoxy) is 1. The molecule has 0 spiro atoms. The van der Waals surface area contributed by atoms with Gasteiger partial charge in [-0.15, -0.1) is 0 Å². The van der Waals surface area contributed by atoms with E-state index in [1.54, 1.807) is 42.5 Å². The molecule has 0 saturated carbocycles. The van der Waals surface area contributed by atoms with Gasteiger partial charge in [0.2, 0.25) is 0 Å². The molecule has 132 valence electrons. The van der Waals surface area contributed by atoms with Crippen LogP contribution in [0.3, 0.4) is 0 Å². The largest absolute Gasteiger partial charge is 0.456 e. The van der Waals surface area contributed by atoms with E-state index in [9.17, 15) is 4.79 Å². The van der Waals surface area contributed by atoms with E-state index in [0.29, 0.717) is 32.8 Å². The molecule has 3 nitrogen and oxygen atoms in total. The van der Waals surface area contributed by atoms with E-state index in [-0.39, 0.29) is 5.91 Å². The highest BCUT2D eigenvalue weighted by Gasteiger charge is 2.07. The highest BCUT2D eigenvalue weighted by molar-refractivity contribution is 6.35. The summed E-state index contributed by atoms with van der Waals surface area (Å²) in [6, 6.07) is 19.7. The van der Waals surface area contributed by atoms with Crippen LogP contribution in [0, 0.1) is 0 Å². The lowest BCUT2D eigenvalue weighted by Crippen LogP contribution is -2.11. The molecule has 5 heteroatoms. The SMILES string of the molecule is CCc1ccc(C(=O)Nc2ccc(Oc3ccc(Cl)cc3Cl)cc2)cc1. The molecule has 26 heavy (non-hydrogen) atoms. The Balaban J connectivity index is 1.66. The summed E-state index contributed by atoms with van der Waals surface area (Å²) in [5, 5.41) is 3.85. The van der Waals surface area contributed by atoms with Crippen LogP contribution in [0.2, 0.25) is 10.0 Å². The number of amides is 1. The van der Waals surface area contributed by atoms with Crippen LogP contribution in [0.5, 0.6) is 11.5 Å². The summed E-state index contributed by atoms with van der Waals surface area (Å²) < 4.78 is 5.73. The molecule has 0 saturated heterocycles. The van der Waals surface area contributed by atoms with E-state index >= 15 is 0 Å². The Hall–Kier alpha value is -2.49. The van der Waals surface area contributed by atoms with E-state index in [0.717, 1.165) is 6.42 Å². The summed E-state index contributed by atoms with van der Waals surface area (Å²) in [6.45, 7) is 2.08. The van der Waals surface area contributed by atoms with Gasteiger partial charge in [0.15, 0.2) is 0 Å². The molecule has 0 aliphatic rings. The summed E-state index contributed by atoms with van der Waals surface area (Å²) >= 11 is 12.0. The van der Waals surface area contributed by atoms with Gasteiger partial charge in [-0.1, -0.05) is 42.3 Å². The van der Waals surface area contributed by atoms with Crippen molar-refractivity contribution in [3.8, 4) is 11.5 Å². The third-order valence-electron chi connectivity index (χ3n) is 3.86. The third-order valence-corrected chi connectivity index (χ3v) is 4.39. The number of rotatable bonds is 5. The van der Waals surface area contributed by atoms with Crippen LogP contribution in [-0.4, -0.2) is 5.91 Å². The standard InChI is InChI=1S/C21H17Cl2NO2/c1-2-14-3-5-15(6-4-14)21(25)24-17-8-10-18(11-9-17)26-20-12-7-16(22)13-19(20)23/h3-13H,2H2,1H3,(H,24,25). The van der Waals surface area contributed by atoms with Gasteiger partial charge in [0.05, 0.1) is 5.02 Å². The Bertz CT molecular complexity index is 906. The lowest BCUT2D eigenvalue weighted by molar-refractivity contribution is 0.102. The second-order valence-electron chi connectivity index (χ2n) is 5.71. The lowest BCUT2D eigenvalue weighted by Gasteiger charge is -2.10. The molecule has 0 atom stereocenters. The number of aryl methyl sites for hydroxylation is 1. The molecule has 0 bridgehead atoms. The predicted molar refractivity (Wildman–Crippen MR) is 107 cm³/mol. The number of nitrogens with one attached hydrogen (secondary N) is 1. The smallest absolute Gasteiger partial charge is 0.255 e. The number of hydrogen-bond donors (Lipinski definition) is 1. The number of carbonyl (C=O) groups excluding carboxylic acids is 1. The van der Waals surface area contributed by atoms with E-state index in [4.69, 9.17) is 27.9 Å². The van der Waals surface area contributed by atoms with Crippen molar-refractivity contribution < 1.29 is 9.53 Å². The number of halogens is 2. The number of benzene rings is 3. The molecule has 3 rings (SSSR count). The van der Waals surface area contributed by atoms with Gasteiger partial charge < -0.3 is 10.1 Å². The van der Waals surface area contributed by atoms with Crippen LogP contribution in [-0.2, 0) is 6.42 Å². The van der Waals surface area contributed by atoms with Gasteiger partial charge in [0, 0.05) is 16.3 Å². The molecule has 0 radical (unpaired) electrons. The fourth-order valence-corrected chi connectivity index (χ4v) is 2.83. The number of hydrogen-bond acceptors (Lipinski definition) is 2. The van der Waals surface area contributed by atoms with Gasteiger partial charge in [-0.05, 0) is 66.6 Å². The van der Waals surface area contributed by atoms with Gasteiger partial charge in [-0.2, -0.15) is 0 Å². The Morgan fingerprint density at radius 3 is 2.27 bits per heavy atom. The fraction of sp³-hybridized carbons (Fsp3) is 0.0952. The normalized spacial score (nSPS) is 10.4. The molecule has 1 N–H and O–H groups in total. The van der Waals surface area contributed by atoms with Gasteiger partial charge in [-0.3, -0.25) is 4.79 Å². The molecule has 0 heterocycles. The van der Waals surface area contributed by atoms with E-state index in [2.05, 4.69) is 12.2 Å². The zero-order valence-electron chi connectivity index (χ0n) is 14.1. The topological polar surface area (TPSA) is 38.3 Å². The molecule has 0 unspecified atom stereocenters. The summed E-state index contributed by atoms with van der Waals surface area (Å²) in [7, 11) is 0. The van der Waals surface area contributed by atoms with Gasteiger partial charge in [0.25, 0.3) is 5.91 Å². The molecule has 3 aromatic carbocycles. The second kappa shape index (κ2) is 8.26. The Labute approximate surface area is 162 Å². The highest BCUT2D eigenvalue weighted by Crippen LogP contribution is 2.32. The maximum atomic E-state index is 12.3. The summed E-state index contributed by atoms with van der Waals surface area (Å²) in [6.07, 6.45) is 0.945. The minimum Gasteiger partial charge on any atom is -0.456 e. The Morgan fingerprint density at radius 2 is 1.65 bits per heavy atom. The first-order chi connectivity index (χ1) is 12.5. The van der Waals surface area contributed by atoms with Crippen LogP contribution in [0.15, 0.2) is 66.7 Å². The second-order valence-corrected chi connectivity index (χ2v) is 6.55. The average molecular weight is 386 g/mol. The van der Waals surface area contributed by atoms with Gasteiger partial charge in [-0.25, -0.2) is 0 Å². The molecule has 1 amide bonds. The van der Waals surface area contributed by atoms with Crippen molar-refractivity contribution in [3.63, 3.8) is 0 Å². The third kappa shape index (κ3) is 4.57. The maximum absolute atomic E-state index is 12.3. The number of carbonyl (C=O) groups is 1. The monoisotopic (exact) mass is 385 g/mol. The van der Waals surface area contributed by atoms with Crippen molar-refractivity contribution in [2.24, 2.45) is 0 Å². The van der Waals surface area contributed by atoms with Crippen LogP contribution < -0.4 is 10.1 Å². The quantitative estimate of drug-likeness (QED) is 0.536. The van der Waals surface area contributed by atoms with Gasteiger partial charge >= 0.3 is 0 Å². The average Bonchev–Trinajstić information content (AvgIpc) is 2.65. The number of anilines is 1. The molecule has 0 fully saturated rings. The molecule has 0 aliphatic heterocycles. The first-order valence-corrected chi connectivity index (χ1v) is 8.94. The van der Waals surface area contributed by atoms with Crippen LogP contribution in [0.4, 0.5) is 5.69 Å². The van der Waals surface area contributed by atoms with Crippen molar-refractivity contribution in [3.05, 3.63) is 87.9 Å². The molecular formula is C21H17Cl2NO2. The van der Waals surface area contributed by atoms with Crippen LogP contribution in [0.1, 0.15) is 22.8 Å². The highest BCUT2D eigenvalue weighted by atomic mass is 35.5. The van der Waals surface area contributed by atoms with Crippen LogP contribution >= 0.6 is 23.2 Å². The van der Waals surface area contributed by atoms with E-state index < -0.39 is 0 Å². The molecule has 0 aromatic heterocycles. The molecule has 3 aromatic rings. The summed E-state index contributed by atoms with van der Waals surface area (Å²) in [4.78, 5) is 12.3. The summed E-state index contributed by atoms with van der Waals surface area (Å²) in [5.41, 5.74) is 2.50. The molecular weight excluding hydrogens is 369 g/mol. The van der Waals surface area contributed by atoms with Crippen molar-refractivity contribution in [2.75, 3.05) is 5.32 Å². The summed E-state index contributed by atoms with van der Waals surface area (Å²) in [5.74, 6) is 0.977. The fourth-order valence-electron chi connectivity index (χ4n) is 2.39. The Kier molecular flexibility index (Phi) is 5.82. The van der Waals surface area contributed by atoms with E-state index in [1.807, 2.05) is 24.3 Å². The van der Waals surface area contributed by atoms with Gasteiger partial charge in [0.1, 0.15) is 11.5 Å². The van der Waals surface area contributed by atoms with Crippen molar-refractivity contribution in [1.82, 2.24) is 0 Å². The van der Waals surface area contributed by atoms with Crippen LogP contribution in [0.25, 0.3) is 0 Å². The minimum atomic E-state index is -0.151. The first-order valence-electron chi connectivity index (χ1n) is 8.18. The Morgan fingerprint density at radius 1 is 0.962 bits per heavy atom. The van der Waals surface area contributed by atoms with E-state index in [1.165, 1.54) is 5.56 Å². The minimum absolute atomic E-state index is 0.151. The van der Waals surface area contributed by atoms with Crippen molar-refractivity contribution in [1.29, 1.82) is 0 Å². The maximum Gasteiger partial charge on any atom is 0.255 e. The molecule has 0 aliphatic carbocycles.